The number of nitrogens with one attached hydrogen (secondary N) is 1. The molecule has 0 aromatic carbocycles. The largest absolute Gasteiger partial charge is 0.320 e. The Labute approximate surface area is 124 Å². The minimum Gasteiger partial charge on any atom is -0.320 e. The Balaban J connectivity index is 0.00000324. The number of sulfone groups is 1. The third-order valence-electron chi connectivity index (χ3n) is 3.74. The fourth-order valence-electron chi connectivity index (χ4n) is 2.53. The second-order valence-electron chi connectivity index (χ2n) is 5.33. The molecule has 116 valence electrons. The highest BCUT2D eigenvalue weighted by Crippen LogP contribution is 2.19. The Kier molecular flexibility index (Phi) is 10.1. The third-order valence-corrected chi connectivity index (χ3v) is 5.58. The smallest absolute Gasteiger partial charge is 0.151 e. The van der Waals surface area contributed by atoms with Crippen molar-refractivity contribution in [1.29, 1.82) is 0 Å². The lowest BCUT2D eigenvalue weighted by Crippen LogP contribution is -2.37. The van der Waals surface area contributed by atoms with Gasteiger partial charge in [-0.25, -0.2) is 8.42 Å². The van der Waals surface area contributed by atoms with Gasteiger partial charge in [-0.3, -0.25) is 0 Å². The first-order chi connectivity index (χ1) is 8.57. The number of hydrogen-bond donors (Lipinski definition) is 1. The van der Waals surface area contributed by atoms with E-state index in [0.717, 1.165) is 38.5 Å². The van der Waals surface area contributed by atoms with E-state index in [1.807, 2.05) is 14.0 Å². The van der Waals surface area contributed by atoms with Crippen LogP contribution in [0.25, 0.3) is 0 Å². The van der Waals surface area contributed by atoms with Crippen LogP contribution >= 0.6 is 12.4 Å². The molecule has 19 heavy (non-hydrogen) atoms. The minimum atomic E-state index is -2.81. The van der Waals surface area contributed by atoms with Crippen molar-refractivity contribution in [3.63, 3.8) is 0 Å². The van der Waals surface area contributed by atoms with E-state index in [2.05, 4.69) is 10.2 Å². The van der Waals surface area contributed by atoms with Crippen molar-refractivity contribution >= 4 is 22.2 Å². The number of hydrogen-bond acceptors (Lipinski definition) is 4. The van der Waals surface area contributed by atoms with Crippen molar-refractivity contribution in [3.8, 4) is 0 Å². The molecule has 1 N–H and O–H groups in total. The van der Waals surface area contributed by atoms with Gasteiger partial charge in [0.2, 0.25) is 0 Å². The van der Waals surface area contributed by atoms with Crippen molar-refractivity contribution in [2.45, 2.75) is 32.6 Å². The summed E-state index contributed by atoms with van der Waals surface area (Å²) in [5, 5.41) is 3.19. The average molecular weight is 313 g/mol. The summed E-state index contributed by atoms with van der Waals surface area (Å²) in [4.78, 5) is 2.31. The Bertz CT molecular complexity index is 315. The maximum atomic E-state index is 11.6. The Morgan fingerprint density at radius 3 is 2.37 bits per heavy atom. The molecule has 1 fully saturated rings. The SMILES string of the molecule is CCCS(=O)(=O)CCN1CCC(CCNC)CC1.Cl. The summed E-state index contributed by atoms with van der Waals surface area (Å²) < 4.78 is 23.3. The summed E-state index contributed by atoms with van der Waals surface area (Å²) in [5.74, 6) is 1.49. The topological polar surface area (TPSA) is 49.4 Å². The Morgan fingerprint density at radius 2 is 1.84 bits per heavy atom. The van der Waals surface area contributed by atoms with Crippen molar-refractivity contribution in [2.75, 3.05) is 44.7 Å². The van der Waals surface area contributed by atoms with Crippen molar-refractivity contribution in [1.82, 2.24) is 10.2 Å². The molecule has 0 amide bonds. The molecule has 0 atom stereocenters. The van der Waals surface area contributed by atoms with Crippen LogP contribution < -0.4 is 5.32 Å². The zero-order chi connectivity index (χ0) is 13.4. The summed E-state index contributed by atoms with van der Waals surface area (Å²) in [5.41, 5.74) is 0. The van der Waals surface area contributed by atoms with Gasteiger partial charge < -0.3 is 10.2 Å². The van der Waals surface area contributed by atoms with Crippen LogP contribution in [0, 0.1) is 5.92 Å². The lowest BCUT2D eigenvalue weighted by Gasteiger charge is -2.31. The molecule has 0 saturated carbocycles. The number of piperidine rings is 1. The second-order valence-corrected chi connectivity index (χ2v) is 7.63. The first-order valence-electron chi connectivity index (χ1n) is 7.14. The van der Waals surface area contributed by atoms with Crippen molar-refractivity contribution in [2.24, 2.45) is 5.92 Å². The molecule has 6 heteroatoms. The van der Waals surface area contributed by atoms with E-state index >= 15 is 0 Å². The number of likely N-dealkylation sites (tertiary alicyclic amines) is 1. The molecule has 1 aliphatic heterocycles. The molecule has 1 aliphatic rings. The average Bonchev–Trinajstić information content (AvgIpc) is 2.35. The molecule has 0 bridgehead atoms. The van der Waals surface area contributed by atoms with Gasteiger partial charge in [0.15, 0.2) is 9.84 Å². The predicted octanol–water partition coefficient (Wildman–Crippen LogP) is 1.55. The van der Waals surface area contributed by atoms with Gasteiger partial charge in [-0.15, -0.1) is 12.4 Å². The summed E-state index contributed by atoms with van der Waals surface area (Å²) in [7, 11) is -0.817. The molecule has 4 nitrogen and oxygen atoms in total. The van der Waals surface area contributed by atoms with E-state index in [4.69, 9.17) is 0 Å². The summed E-state index contributed by atoms with van der Waals surface area (Å²) >= 11 is 0. The van der Waals surface area contributed by atoms with E-state index in [9.17, 15) is 8.42 Å². The zero-order valence-electron chi connectivity index (χ0n) is 12.2. The van der Waals surface area contributed by atoms with Gasteiger partial charge in [0.05, 0.1) is 5.75 Å². The summed E-state index contributed by atoms with van der Waals surface area (Å²) in [6, 6.07) is 0. The normalized spacial score (nSPS) is 18.2. The molecule has 1 heterocycles. The molecule has 1 saturated heterocycles. The molecule has 0 unspecified atom stereocenters. The van der Waals surface area contributed by atoms with Gasteiger partial charge >= 0.3 is 0 Å². The van der Waals surface area contributed by atoms with Crippen LogP contribution in [0.15, 0.2) is 0 Å². The number of nitrogens with zero attached hydrogens (tertiary/aromatic N) is 1. The van der Waals surface area contributed by atoms with E-state index in [1.54, 1.807) is 0 Å². The van der Waals surface area contributed by atoms with E-state index in [1.165, 1.54) is 19.3 Å². The third kappa shape index (κ3) is 8.12. The Morgan fingerprint density at radius 1 is 1.21 bits per heavy atom. The molecule has 0 aliphatic carbocycles. The molecular formula is C13H29ClN2O2S. The molecule has 0 spiro atoms. The highest BCUT2D eigenvalue weighted by molar-refractivity contribution is 7.91. The van der Waals surface area contributed by atoms with Crippen LogP contribution in [0.5, 0.6) is 0 Å². The van der Waals surface area contributed by atoms with E-state index < -0.39 is 9.84 Å². The molecular weight excluding hydrogens is 284 g/mol. The lowest BCUT2D eigenvalue weighted by atomic mass is 9.94. The standard InChI is InChI=1S/C13H28N2O2S.ClH/c1-3-11-18(16,17)12-10-15-8-5-13(6-9-15)4-7-14-2;/h13-14H,3-12H2,1-2H3;1H. The van der Waals surface area contributed by atoms with Gasteiger partial charge in [-0.1, -0.05) is 6.92 Å². The van der Waals surface area contributed by atoms with Crippen LogP contribution in [0.2, 0.25) is 0 Å². The van der Waals surface area contributed by atoms with Gasteiger partial charge in [0.1, 0.15) is 0 Å². The molecule has 0 aromatic heterocycles. The molecule has 0 aromatic rings. The van der Waals surface area contributed by atoms with Crippen molar-refractivity contribution in [3.05, 3.63) is 0 Å². The molecule has 1 rings (SSSR count). The number of halogens is 1. The van der Waals surface area contributed by atoms with Crippen LogP contribution in [0.3, 0.4) is 0 Å². The highest BCUT2D eigenvalue weighted by Gasteiger charge is 2.20. The Hall–Kier alpha value is 0.160. The van der Waals surface area contributed by atoms with Crippen LogP contribution in [-0.2, 0) is 9.84 Å². The summed E-state index contributed by atoms with van der Waals surface area (Å²) in [6.45, 7) is 5.87. The van der Waals surface area contributed by atoms with Gasteiger partial charge in [0, 0.05) is 12.3 Å². The first kappa shape index (κ1) is 19.2. The van der Waals surface area contributed by atoms with Crippen LogP contribution in [0.1, 0.15) is 32.6 Å². The highest BCUT2D eigenvalue weighted by atomic mass is 35.5. The number of rotatable bonds is 8. The van der Waals surface area contributed by atoms with Crippen molar-refractivity contribution < 1.29 is 8.42 Å². The van der Waals surface area contributed by atoms with Crippen LogP contribution in [-0.4, -0.2) is 58.1 Å². The minimum absolute atomic E-state index is 0. The fraction of sp³-hybridized carbons (Fsp3) is 1.00. The summed E-state index contributed by atoms with van der Waals surface area (Å²) in [6.07, 6.45) is 4.41. The lowest BCUT2D eigenvalue weighted by molar-refractivity contribution is 0.187. The van der Waals surface area contributed by atoms with Crippen LogP contribution in [0.4, 0.5) is 0 Å². The van der Waals surface area contributed by atoms with Gasteiger partial charge in [-0.05, 0) is 58.3 Å². The predicted molar refractivity (Wildman–Crippen MR) is 83.9 cm³/mol. The van der Waals surface area contributed by atoms with E-state index in [0.29, 0.717) is 11.5 Å². The second kappa shape index (κ2) is 9.97. The quantitative estimate of drug-likeness (QED) is 0.739. The van der Waals surface area contributed by atoms with E-state index in [-0.39, 0.29) is 12.4 Å². The monoisotopic (exact) mass is 312 g/mol. The maximum absolute atomic E-state index is 11.6. The fourth-order valence-corrected chi connectivity index (χ4v) is 3.89. The van der Waals surface area contributed by atoms with Gasteiger partial charge in [-0.2, -0.15) is 0 Å². The first-order valence-corrected chi connectivity index (χ1v) is 8.97. The zero-order valence-corrected chi connectivity index (χ0v) is 13.9. The molecule has 0 radical (unpaired) electrons. The maximum Gasteiger partial charge on any atom is 0.151 e. The van der Waals surface area contributed by atoms with Gasteiger partial charge in [0.25, 0.3) is 0 Å².